The van der Waals surface area contributed by atoms with Gasteiger partial charge in [-0.3, -0.25) is 0 Å². The lowest BCUT2D eigenvalue weighted by Crippen LogP contribution is -2.42. The summed E-state index contributed by atoms with van der Waals surface area (Å²) in [6.45, 7) is 7.67. The van der Waals surface area contributed by atoms with E-state index in [0.717, 1.165) is 6.07 Å². The molecular formula is C16H26F2O3Si. The first kappa shape index (κ1) is 19.2. The van der Waals surface area contributed by atoms with Crippen molar-refractivity contribution in [3.63, 3.8) is 0 Å². The second-order valence-corrected chi connectivity index (χ2v) is 6.26. The number of halogens is 2. The fourth-order valence-corrected chi connectivity index (χ4v) is 2.72. The molecule has 0 amide bonds. The lowest BCUT2D eigenvalue weighted by Gasteiger charge is -2.36. The Morgan fingerprint density at radius 3 is 1.91 bits per heavy atom. The van der Waals surface area contributed by atoms with E-state index < -0.39 is 17.6 Å². The zero-order valence-electron chi connectivity index (χ0n) is 14.0. The van der Waals surface area contributed by atoms with Crippen molar-refractivity contribution < 1.29 is 22.7 Å². The van der Waals surface area contributed by atoms with Gasteiger partial charge in [-0.05, 0) is 58.2 Å². The molecule has 126 valence electrons. The molecule has 0 aliphatic heterocycles. The van der Waals surface area contributed by atoms with Crippen LogP contribution in [0.25, 0.3) is 0 Å². The van der Waals surface area contributed by atoms with Gasteiger partial charge in [0.2, 0.25) is 0 Å². The Morgan fingerprint density at radius 2 is 1.50 bits per heavy atom. The van der Waals surface area contributed by atoms with Crippen LogP contribution in [0.5, 0.6) is 0 Å². The van der Waals surface area contributed by atoms with Gasteiger partial charge in [0, 0.05) is 12.5 Å². The topological polar surface area (TPSA) is 27.7 Å². The fourth-order valence-electron chi connectivity index (χ4n) is 2.33. The van der Waals surface area contributed by atoms with Crippen molar-refractivity contribution in [3.05, 3.63) is 35.4 Å². The lowest BCUT2D eigenvalue weighted by atomic mass is 10.1. The molecular weight excluding hydrogens is 306 g/mol. The van der Waals surface area contributed by atoms with Gasteiger partial charge < -0.3 is 13.9 Å². The van der Waals surface area contributed by atoms with Crippen LogP contribution in [0, 0.1) is 11.6 Å². The molecule has 0 radical (unpaired) electrons. The fraction of sp³-hybridized carbons (Fsp3) is 0.625. The number of hydrogen-bond donors (Lipinski definition) is 0. The normalized spacial score (nSPS) is 12.5. The van der Waals surface area contributed by atoms with Crippen LogP contribution in [0.1, 0.15) is 46.1 Å². The van der Waals surface area contributed by atoms with Gasteiger partial charge in [-0.25, -0.2) is 8.78 Å². The second-order valence-electron chi connectivity index (χ2n) is 5.85. The van der Waals surface area contributed by atoms with Crippen LogP contribution < -0.4 is 0 Å². The van der Waals surface area contributed by atoms with Gasteiger partial charge in [0.1, 0.15) is 11.6 Å². The maximum absolute atomic E-state index is 13.2. The Balaban J connectivity index is 2.69. The predicted molar refractivity (Wildman–Crippen MR) is 85.5 cm³/mol. The summed E-state index contributed by atoms with van der Waals surface area (Å²) in [5, 5.41) is 0. The van der Waals surface area contributed by atoms with Gasteiger partial charge in [0.25, 0.3) is 5.97 Å². The van der Waals surface area contributed by atoms with E-state index in [1.807, 2.05) is 27.7 Å². The molecule has 0 aromatic heterocycles. The first-order valence-corrected chi connectivity index (χ1v) is 8.44. The smallest absolute Gasteiger partial charge is 0.273 e. The Kier molecular flexibility index (Phi) is 7.62. The van der Waals surface area contributed by atoms with Crippen molar-refractivity contribution in [1.29, 1.82) is 0 Å². The average molecular weight is 332 g/mol. The second kappa shape index (κ2) is 8.72. The summed E-state index contributed by atoms with van der Waals surface area (Å²) in [7, 11) is 0.471. The minimum atomic E-state index is -1.07. The summed E-state index contributed by atoms with van der Waals surface area (Å²) in [5.74, 6) is -2.19. The van der Waals surface area contributed by atoms with Gasteiger partial charge in [-0.1, -0.05) is 0 Å². The van der Waals surface area contributed by atoms with Crippen LogP contribution in [0.15, 0.2) is 18.2 Å². The molecule has 0 unspecified atom stereocenters. The van der Waals surface area contributed by atoms with Crippen LogP contribution in [0.4, 0.5) is 8.78 Å². The van der Waals surface area contributed by atoms with Crippen LogP contribution >= 0.6 is 0 Å². The van der Waals surface area contributed by atoms with E-state index in [-0.39, 0.29) is 12.2 Å². The molecule has 1 rings (SSSR count). The van der Waals surface area contributed by atoms with E-state index >= 15 is 0 Å². The van der Waals surface area contributed by atoms with Crippen molar-refractivity contribution in [2.75, 3.05) is 0 Å². The number of benzene rings is 1. The van der Waals surface area contributed by atoms with Crippen molar-refractivity contribution in [2.24, 2.45) is 0 Å². The molecule has 0 bridgehead atoms. The number of hydrogen-bond acceptors (Lipinski definition) is 3. The average Bonchev–Trinajstić information content (AvgIpc) is 2.35. The van der Waals surface area contributed by atoms with E-state index in [1.165, 1.54) is 12.1 Å². The minimum Gasteiger partial charge on any atom is -0.380 e. The lowest BCUT2D eigenvalue weighted by molar-refractivity contribution is -0.369. The minimum absolute atomic E-state index is 0.0423. The van der Waals surface area contributed by atoms with Crippen molar-refractivity contribution >= 4 is 10.5 Å². The highest BCUT2D eigenvalue weighted by molar-refractivity contribution is 5.98. The molecule has 6 heteroatoms. The van der Waals surface area contributed by atoms with Crippen LogP contribution in [0.3, 0.4) is 0 Å². The Bertz CT molecular complexity index is 436. The zero-order chi connectivity index (χ0) is 16.8. The summed E-state index contributed by atoms with van der Waals surface area (Å²) < 4.78 is 43.6. The summed E-state index contributed by atoms with van der Waals surface area (Å²) >= 11 is 0. The third kappa shape index (κ3) is 6.52. The SMILES string of the molecule is CC(C)OC(CCCc1cc(F)cc(F)c1)(O[SiH3])OC(C)C. The third-order valence-electron chi connectivity index (χ3n) is 3.01. The van der Waals surface area contributed by atoms with E-state index in [2.05, 4.69) is 0 Å². The predicted octanol–water partition coefficient (Wildman–Crippen LogP) is 3.09. The van der Waals surface area contributed by atoms with E-state index in [1.54, 1.807) is 0 Å². The van der Waals surface area contributed by atoms with Crippen LogP contribution in [-0.2, 0) is 20.3 Å². The maximum Gasteiger partial charge on any atom is 0.273 e. The molecule has 3 nitrogen and oxygen atoms in total. The quantitative estimate of drug-likeness (QED) is 0.514. The summed E-state index contributed by atoms with van der Waals surface area (Å²) in [6, 6.07) is 3.57. The molecule has 0 saturated heterocycles. The zero-order valence-corrected chi connectivity index (χ0v) is 16.0. The standard InChI is InChI=1S/C16H26F2O3Si/c1-11(2)19-16(21-22,20-12(3)4)7-5-6-13-8-14(17)10-15(18)9-13/h8-12H,5-7H2,1-4,22H3. The Morgan fingerprint density at radius 1 is 1.00 bits per heavy atom. The van der Waals surface area contributed by atoms with Gasteiger partial charge in [-0.15, -0.1) is 0 Å². The molecule has 0 fully saturated rings. The highest BCUT2D eigenvalue weighted by Gasteiger charge is 2.33. The van der Waals surface area contributed by atoms with Crippen molar-refractivity contribution in [2.45, 2.75) is 65.1 Å². The van der Waals surface area contributed by atoms with Gasteiger partial charge in [0.15, 0.2) is 10.5 Å². The highest BCUT2D eigenvalue weighted by Crippen LogP contribution is 2.26. The van der Waals surface area contributed by atoms with E-state index in [0.29, 0.717) is 35.3 Å². The van der Waals surface area contributed by atoms with E-state index in [9.17, 15) is 8.78 Å². The summed E-state index contributed by atoms with van der Waals surface area (Å²) in [5.41, 5.74) is 0.619. The molecule has 22 heavy (non-hydrogen) atoms. The Hall–Kier alpha value is -0.823. The third-order valence-corrected chi connectivity index (χ3v) is 3.63. The van der Waals surface area contributed by atoms with Gasteiger partial charge >= 0.3 is 0 Å². The van der Waals surface area contributed by atoms with Crippen molar-refractivity contribution in [1.82, 2.24) is 0 Å². The molecule has 1 aromatic rings. The van der Waals surface area contributed by atoms with Crippen molar-refractivity contribution in [3.8, 4) is 0 Å². The largest absolute Gasteiger partial charge is 0.380 e. The van der Waals surface area contributed by atoms with Crippen LogP contribution in [0.2, 0.25) is 0 Å². The number of ether oxygens (including phenoxy) is 2. The molecule has 0 heterocycles. The monoisotopic (exact) mass is 332 g/mol. The van der Waals surface area contributed by atoms with Crippen LogP contribution in [-0.4, -0.2) is 28.7 Å². The molecule has 0 atom stereocenters. The molecule has 0 saturated carbocycles. The molecule has 0 aliphatic rings. The molecule has 0 aliphatic carbocycles. The molecule has 0 spiro atoms. The summed E-state index contributed by atoms with van der Waals surface area (Å²) in [6.07, 6.45) is 1.60. The summed E-state index contributed by atoms with van der Waals surface area (Å²) in [4.78, 5) is 0. The highest BCUT2D eigenvalue weighted by atomic mass is 28.2. The number of rotatable bonds is 9. The van der Waals surface area contributed by atoms with Gasteiger partial charge in [0.05, 0.1) is 12.2 Å². The van der Waals surface area contributed by atoms with Gasteiger partial charge in [-0.2, -0.15) is 0 Å². The molecule has 1 aromatic carbocycles. The molecule has 0 N–H and O–H groups in total. The first-order chi connectivity index (χ1) is 10.3. The maximum atomic E-state index is 13.2. The number of aryl methyl sites for hydroxylation is 1. The first-order valence-electron chi connectivity index (χ1n) is 7.62. The Labute approximate surface area is 134 Å². The van der Waals surface area contributed by atoms with E-state index in [4.69, 9.17) is 13.9 Å².